The number of hydrogen-bond acceptors (Lipinski definition) is 3. The van der Waals surface area contributed by atoms with Crippen LogP contribution >= 0.6 is 0 Å². The summed E-state index contributed by atoms with van der Waals surface area (Å²) in [5.41, 5.74) is 0. The molecule has 7 heteroatoms. The lowest BCUT2D eigenvalue weighted by atomic mass is 10.0. The molecule has 112 valence electrons. The molecule has 1 aliphatic rings. The van der Waals surface area contributed by atoms with Crippen molar-refractivity contribution >= 4 is 5.91 Å². The Hall–Kier alpha value is -0.820. The van der Waals surface area contributed by atoms with E-state index in [4.69, 9.17) is 0 Å². The molecule has 1 saturated heterocycles. The summed E-state index contributed by atoms with van der Waals surface area (Å²) in [7, 11) is 0. The molecule has 4 nitrogen and oxygen atoms in total. The van der Waals surface area contributed by atoms with E-state index in [2.05, 4.69) is 10.1 Å². The van der Waals surface area contributed by atoms with Gasteiger partial charge in [0.05, 0.1) is 12.6 Å². The third-order valence-electron chi connectivity index (χ3n) is 2.84. The number of piperidine rings is 1. The topological polar surface area (TPSA) is 41.6 Å². The Morgan fingerprint density at radius 3 is 2.74 bits per heavy atom. The Kier molecular flexibility index (Phi) is 6.06. The van der Waals surface area contributed by atoms with Gasteiger partial charge in [-0.05, 0) is 12.8 Å². The fourth-order valence-corrected chi connectivity index (χ4v) is 2.08. The van der Waals surface area contributed by atoms with Gasteiger partial charge >= 0.3 is 6.18 Å². The molecule has 0 aromatic carbocycles. The van der Waals surface area contributed by atoms with Crippen LogP contribution in [0.2, 0.25) is 0 Å². The van der Waals surface area contributed by atoms with E-state index in [9.17, 15) is 18.0 Å². The van der Waals surface area contributed by atoms with Gasteiger partial charge in [-0.15, -0.1) is 0 Å². The van der Waals surface area contributed by atoms with E-state index in [0.29, 0.717) is 6.54 Å². The first-order valence-electron chi connectivity index (χ1n) is 6.49. The SMILES string of the molecule is CC(C)NC1CCCN(CCOCC(F)(F)F)C1=O. The molecule has 1 unspecified atom stereocenters. The molecule has 0 radical (unpaired) electrons. The monoisotopic (exact) mass is 282 g/mol. The molecule has 0 spiro atoms. The zero-order chi connectivity index (χ0) is 14.5. The Morgan fingerprint density at radius 2 is 2.16 bits per heavy atom. The second-order valence-corrected chi connectivity index (χ2v) is 5.01. The average Bonchev–Trinajstić information content (AvgIpc) is 2.27. The maximum Gasteiger partial charge on any atom is 0.411 e. The maximum absolute atomic E-state index is 12.0. The predicted octanol–water partition coefficient (Wildman–Crippen LogP) is 1.55. The van der Waals surface area contributed by atoms with Gasteiger partial charge in [0.15, 0.2) is 0 Å². The van der Waals surface area contributed by atoms with Gasteiger partial charge in [0.1, 0.15) is 6.61 Å². The Balaban J connectivity index is 2.31. The van der Waals surface area contributed by atoms with Crippen LogP contribution in [0.25, 0.3) is 0 Å². The van der Waals surface area contributed by atoms with Crippen molar-refractivity contribution in [1.82, 2.24) is 10.2 Å². The number of hydrogen-bond donors (Lipinski definition) is 1. The number of carbonyl (C=O) groups excluding carboxylic acids is 1. The third kappa shape index (κ3) is 6.24. The standard InChI is InChI=1S/C12H21F3N2O2/c1-9(2)16-10-4-3-5-17(11(10)18)6-7-19-8-12(13,14)15/h9-10,16H,3-8H2,1-2H3. The molecule has 19 heavy (non-hydrogen) atoms. The molecule has 1 amide bonds. The van der Waals surface area contributed by atoms with Crippen molar-refractivity contribution in [1.29, 1.82) is 0 Å². The van der Waals surface area contributed by atoms with Gasteiger partial charge in [0, 0.05) is 19.1 Å². The second kappa shape index (κ2) is 7.09. The van der Waals surface area contributed by atoms with Crippen LogP contribution in [0.3, 0.4) is 0 Å². The number of rotatable bonds is 6. The molecular weight excluding hydrogens is 261 g/mol. The summed E-state index contributed by atoms with van der Waals surface area (Å²) in [6, 6.07) is -0.0215. The zero-order valence-corrected chi connectivity index (χ0v) is 11.3. The lowest BCUT2D eigenvalue weighted by Crippen LogP contribution is -2.53. The van der Waals surface area contributed by atoms with Crippen molar-refractivity contribution in [3.63, 3.8) is 0 Å². The number of carbonyl (C=O) groups is 1. The van der Waals surface area contributed by atoms with E-state index >= 15 is 0 Å². The number of amides is 1. The van der Waals surface area contributed by atoms with Gasteiger partial charge in [0.25, 0.3) is 0 Å². The molecule has 1 atom stereocenters. The summed E-state index contributed by atoms with van der Waals surface area (Å²) < 4.78 is 40.2. The van der Waals surface area contributed by atoms with E-state index < -0.39 is 12.8 Å². The fourth-order valence-electron chi connectivity index (χ4n) is 2.08. The summed E-state index contributed by atoms with van der Waals surface area (Å²) >= 11 is 0. The first kappa shape index (κ1) is 16.2. The van der Waals surface area contributed by atoms with E-state index in [1.165, 1.54) is 0 Å². The number of nitrogens with one attached hydrogen (secondary N) is 1. The molecule has 1 aliphatic heterocycles. The Bertz CT molecular complexity index is 295. The van der Waals surface area contributed by atoms with Crippen LogP contribution in [0.1, 0.15) is 26.7 Å². The van der Waals surface area contributed by atoms with Crippen molar-refractivity contribution in [2.24, 2.45) is 0 Å². The minimum Gasteiger partial charge on any atom is -0.370 e. The highest BCUT2D eigenvalue weighted by Gasteiger charge is 2.30. The second-order valence-electron chi connectivity index (χ2n) is 5.01. The van der Waals surface area contributed by atoms with E-state index in [1.54, 1.807) is 4.90 Å². The normalized spacial score (nSPS) is 21.3. The molecule has 1 N–H and O–H groups in total. The largest absolute Gasteiger partial charge is 0.411 e. The van der Waals surface area contributed by atoms with Crippen molar-refractivity contribution < 1.29 is 22.7 Å². The van der Waals surface area contributed by atoms with Crippen LogP contribution in [0.15, 0.2) is 0 Å². The van der Waals surface area contributed by atoms with Crippen molar-refractivity contribution in [2.75, 3.05) is 26.3 Å². The summed E-state index contributed by atoms with van der Waals surface area (Å²) in [6.45, 7) is 3.37. The molecule has 0 saturated carbocycles. The Morgan fingerprint density at radius 1 is 1.47 bits per heavy atom. The summed E-state index contributed by atoms with van der Waals surface area (Å²) in [6.07, 6.45) is -2.68. The van der Waals surface area contributed by atoms with Gasteiger partial charge in [-0.1, -0.05) is 13.8 Å². The van der Waals surface area contributed by atoms with Crippen molar-refractivity contribution in [3.8, 4) is 0 Å². The fraction of sp³-hybridized carbons (Fsp3) is 0.917. The average molecular weight is 282 g/mol. The summed E-state index contributed by atoms with van der Waals surface area (Å²) in [5, 5.41) is 3.16. The molecule has 0 aromatic rings. The Labute approximate surface area is 111 Å². The van der Waals surface area contributed by atoms with Gasteiger partial charge < -0.3 is 15.0 Å². The van der Waals surface area contributed by atoms with Crippen LogP contribution in [0.4, 0.5) is 13.2 Å². The number of likely N-dealkylation sites (tertiary alicyclic amines) is 1. The van der Waals surface area contributed by atoms with Gasteiger partial charge in [-0.25, -0.2) is 0 Å². The molecule has 0 aromatic heterocycles. The van der Waals surface area contributed by atoms with Crippen molar-refractivity contribution in [2.45, 2.75) is 44.9 Å². The minimum atomic E-state index is -4.31. The first-order valence-corrected chi connectivity index (χ1v) is 6.49. The number of nitrogens with zero attached hydrogens (tertiary/aromatic N) is 1. The van der Waals surface area contributed by atoms with E-state index in [0.717, 1.165) is 12.8 Å². The highest BCUT2D eigenvalue weighted by molar-refractivity contribution is 5.82. The zero-order valence-electron chi connectivity index (χ0n) is 11.3. The lowest BCUT2D eigenvalue weighted by Gasteiger charge is -2.33. The summed E-state index contributed by atoms with van der Waals surface area (Å²) in [5.74, 6) is -0.0458. The van der Waals surface area contributed by atoms with Crippen molar-refractivity contribution in [3.05, 3.63) is 0 Å². The first-order chi connectivity index (χ1) is 8.79. The molecule has 1 rings (SSSR count). The third-order valence-corrected chi connectivity index (χ3v) is 2.84. The van der Waals surface area contributed by atoms with E-state index in [-0.39, 0.29) is 31.1 Å². The van der Waals surface area contributed by atoms with Gasteiger partial charge in [0.2, 0.25) is 5.91 Å². The van der Waals surface area contributed by atoms with Crippen LogP contribution in [0.5, 0.6) is 0 Å². The molecular formula is C12H21F3N2O2. The highest BCUT2D eigenvalue weighted by atomic mass is 19.4. The lowest BCUT2D eigenvalue weighted by molar-refractivity contribution is -0.175. The van der Waals surface area contributed by atoms with Crippen LogP contribution in [-0.2, 0) is 9.53 Å². The molecule has 0 bridgehead atoms. The van der Waals surface area contributed by atoms with E-state index in [1.807, 2.05) is 13.8 Å². The van der Waals surface area contributed by atoms with Gasteiger partial charge in [-0.3, -0.25) is 4.79 Å². The smallest absolute Gasteiger partial charge is 0.370 e. The maximum atomic E-state index is 12.0. The molecule has 1 heterocycles. The highest BCUT2D eigenvalue weighted by Crippen LogP contribution is 2.15. The van der Waals surface area contributed by atoms with Crippen LogP contribution in [0, 0.1) is 0 Å². The molecule has 0 aliphatic carbocycles. The number of ether oxygens (including phenoxy) is 1. The van der Waals surface area contributed by atoms with Crippen LogP contribution < -0.4 is 5.32 Å². The number of alkyl halides is 3. The van der Waals surface area contributed by atoms with Crippen LogP contribution in [-0.4, -0.2) is 55.4 Å². The predicted molar refractivity (Wildman–Crippen MR) is 64.7 cm³/mol. The number of halogens is 3. The molecule has 1 fully saturated rings. The quantitative estimate of drug-likeness (QED) is 0.752. The minimum absolute atomic E-state index is 0.0458. The van der Waals surface area contributed by atoms with Gasteiger partial charge in [-0.2, -0.15) is 13.2 Å². The summed E-state index contributed by atoms with van der Waals surface area (Å²) in [4.78, 5) is 13.6.